The van der Waals surface area contributed by atoms with Crippen molar-refractivity contribution < 1.29 is 8.42 Å². The molecule has 3 heteroatoms. The van der Waals surface area contributed by atoms with Crippen LogP contribution in [0.2, 0.25) is 0 Å². The van der Waals surface area contributed by atoms with E-state index in [1.54, 1.807) is 0 Å². The maximum absolute atomic E-state index is 11.4. The number of rotatable bonds is 1. The van der Waals surface area contributed by atoms with E-state index in [-0.39, 0.29) is 0 Å². The second-order valence-electron chi connectivity index (χ2n) is 4.19. The van der Waals surface area contributed by atoms with Crippen LogP contribution in [0.3, 0.4) is 0 Å². The molecule has 1 heterocycles. The van der Waals surface area contributed by atoms with Crippen LogP contribution in [-0.4, -0.2) is 19.9 Å². The third-order valence-corrected chi connectivity index (χ3v) is 4.82. The molecule has 0 N–H and O–H groups in total. The van der Waals surface area contributed by atoms with Crippen LogP contribution in [0.15, 0.2) is 30.3 Å². The summed E-state index contributed by atoms with van der Waals surface area (Å²) in [6, 6.07) is 10.2. The van der Waals surface area contributed by atoms with Crippen LogP contribution in [0.1, 0.15) is 30.7 Å². The monoisotopic (exact) mass is 224 g/mol. The smallest absolute Gasteiger partial charge is 0.150 e. The summed E-state index contributed by atoms with van der Waals surface area (Å²) < 4.78 is 22.9. The zero-order valence-corrected chi connectivity index (χ0v) is 9.54. The average molecular weight is 224 g/mol. The van der Waals surface area contributed by atoms with E-state index in [9.17, 15) is 8.42 Å². The van der Waals surface area contributed by atoms with E-state index in [4.69, 9.17) is 0 Å². The van der Waals surface area contributed by atoms with Crippen molar-refractivity contribution in [3.63, 3.8) is 0 Å². The molecule has 2 rings (SSSR count). The molecule has 0 aromatic heterocycles. The molecular weight excluding hydrogens is 208 g/mol. The normalized spacial score (nSPS) is 25.7. The highest BCUT2D eigenvalue weighted by molar-refractivity contribution is 7.91. The lowest BCUT2D eigenvalue weighted by atomic mass is 9.92. The van der Waals surface area contributed by atoms with Gasteiger partial charge < -0.3 is 0 Å². The Morgan fingerprint density at radius 1 is 1.00 bits per heavy atom. The molecule has 1 aromatic carbocycles. The van der Waals surface area contributed by atoms with Crippen LogP contribution >= 0.6 is 0 Å². The Labute approximate surface area is 91.2 Å². The minimum absolute atomic E-state index is 0.354. The predicted molar refractivity (Wildman–Crippen MR) is 61.7 cm³/mol. The lowest BCUT2D eigenvalue weighted by Gasteiger charge is -2.12. The Hall–Kier alpha value is -0.830. The summed E-state index contributed by atoms with van der Waals surface area (Å²) in [6.07, 6.45) is 2.59. The van der Waals surface area contributed by atoms with Crippen LogP contribution in [0.25, 0.3) is 0 Å². The van der Waals surface area contributed by atoms with Gasteiger partial charge >= 0.3 is 0 Å². The second kappa shape index (κ2) is 4.35. The molecule has 15 heavy (non-hydrogen) atoms. The molecule has 0 bridgehead atoms. The molecule has 1 aromatic rings. The van der Waals surface area contributed by atoms with Crippen LogP contribution < -0.4 is 0 Å². The number of hydrogen-bond donors (Lipinski definition) is 0. The van der Waals surface area contributed by atoms with Crippen LogP contribution in [0.4, 0.5) is 0 Å². The van der Waals surface area contributed by atoms with Crippen molar-refractivity contribution in [2.24, 2.45) is 0 Å². The standard InChI is InChI=1S/C12H16O2S/c13-15(14)9-4-7-12(8-10-15)11-5-2-1-3-6-11/h1-3,5-6,12H,4,7-10H2. The fourth-order valence-corrected chi connectivity index (χ4v) is 3.63. The van der Waals surface area contributed by atoms with Gasteiger partial charge in [0, 0.05) is 0 Å². The first kappa shape index (κ1) is 10.7. The van der Waals surface area contributed by atoms with Gasteiger partial charge in [0.2, 0.25) is 0 Å². The Bertz CT molecular complexity index is 409. The predicted octanol–water partition coefficient (Wildman–Crippen LogP) is 2.37. The SMILES string of the molecule is O=S1(=O)CCCC(c2ccccc2)CC1. The average Bonchev–Trinajstić information content (AvgIpc) is 2.41. The summed E-state index contributed by atoms with van der Waals surface area (Å²) in [7, 11) is -2.76. The molecular formula is C12H16O2S. The van der Waals surface area contributed by atoms with Gasteiger partial charge in [-0.05, 0) is 30.7 Å². The van der Waals surface area contributed by atoms with Gasteiger partial charge in [0.1, 0.15) is 9.84 Å². The van der Waals surface area contributed by atoms with Gasteiger partial charge in [-0.2, -0.15) is 0 Å². The number of benzene rings is 1. The summed E-state index contributed by atoms with van der Waals surface area (Å²) in [5, 5.41) is 0. The summed E-state index contributed by atoms with van der Waals surface area (Å²) in [5.41, 5.74) is 1.29. The van der Waals surface area contributed by atoms with Gasteiger partial charge in [-0.25, -0.2) is 8.42 Å². The van der Waals surface area contributed by atoms with Crippen molar-refractivity contribution >= 4 is 9.84 Å². The fraction of sp³-hybridized carbons (Fsp3) is 0.500. The van der Waals surface area contributed by atoms with Crippen molar-refractivity contribution in [2.75, 3.05) is 11.5 Å². The molecule has 0 amide bonds. The molecule has 82 valence electrons. The Kier molecular flexibility index (Phi) is 3.10. The third-order valence-electron chi connectivity index (χ3n) is 3.06. The summed E-state index contributed by atoms with van der Waals surface area (Å²) in [5.74, 6) is 1.16. The van der Waals surface area contributed by atoms with Gasteiger partial charge in [0.15, 0.2) is 0 Å². The van der Waals surface area contributed by atoms with Crippen molar-refractivity contribution in [2.45, 2.75) is 25.2 Å². The number of hydrogen-bond acceptors (Lipinski definition) is 2. The van der Waals surface area contributed by atoms with Gasteiger partial charge in [-0.1, -0.05) is 30.3 Å². The molecule has 0 radical (unpaired) electrons. The molecule has 1 aliphatic heterocycles. The van der Waals surface area contributed by atoms with Crippen LogP contribution in [0.5, 0.6) is 0 Å². The van der Waals surface area contributed by atoms with Crippen LogP contribution in [0, 0.1) is 0 Å². The van der Waals surface area contributed by atoms with E-state index in [1.165, 1.54) is 5.56 Å². The van der Waals surface area contributed by atoms with Gasteiger partial charge in [0.05, 0.1) is 11.5 Å². The van der Waals surface area contributed by atoms with Crippen molar-refractivity contribution in [3.8, 4) is 0 Å². The van der Waals surface area contributed by atoms with Crippen molar-refractivity contribution in [1.82, 2.24) is 0 Å². The van der Waals surface area contributed by atoms with E-state index in [0.717, 1.165) is 19.3 Å². The molecule has 1 aliphatic rings. The third kappa shape index (κ3) is 2.81. The van der Waals surface area contributed by atoms with Gasteiger partial charge in [-0.15, -0.1) is 0 Å². The number of sulfone groups is 1. The molecule has 1 fully saturated rings. The Morgan fingerprint density at radius 3 is 2.47 bits per heavy atom. The molecule has 1 saturated heterocycles. The van der Waals surface area contributed by atoms with E-state index >= 15 is 0 Å². The molecule has 0 spiro atoms. The first-order valence-electron chi connectivity index (χ1n) is 5.43. The Morgan fingerprint density at radius 2 is 1.73 bits per heavy atom. The highest BCUT2D eigenvalue weighted by Crippen LogP contribution is 2.28. The van der Waals surface area contributed by atoms with E-state index in [1.807, 2.05) is 18.2 Å². The first-order valence-corrected chi connectivity index (χ1v) is 7.25. The van der Waals surface area contributed by atoms with Crippen LogP contribution in [-0.2, 0) is 9.84 Å². The molecule has 2 nitrogen and oxygen atoms in total. The minimum Gasteiger partial charge on any atom is -0.229 e. The van der Waals surface area contributed by atoms with Crippen molar-refractivity contribution in [3.05, 3.63) is 35.9 Å². The van der Waals surface area contributed by atoms with Gasteiger partial charge in [0.25, 0.3) is 0 Å². The molecule has 0 aliphatic carbocycles. The van der Waals surface area contributed by atoms with E-state index in [2.05, 4.69) is 12.1 Å². The van der Waals surface area contributed by atoms with Gasteiger partial charge in [-0.3, -0.25) is 0 Å². The second-order valence-corrected chi connectivity index (χ2v) is 6.49. The summed E-state index contributed by atoms with van der Waals surface area (Å²) >= 11 is 0. The fourth-order valence-electron chi connectivity index (χ4n) is 2.18. The molecule has 1 atom stereocenters. The highest BCUT2D eigenvalue weighted by Gasteiger charge is 2.21. The quantitative estimate of drug-likeness (QED) is 0.734. The lowest BCUT2D eigenvalue weighted by Crippen LogP contribution is -2.08. The minimum atomic E-state index is -2.76. The maximum atomic E-state index is 11.4. The highest BCUT2D eigenvalue weighted by atomic mass is 32.2. The van der Waals surface area contributed by atoms with E-state index in [0.29, 0.717) is 17.4 Å². The summed E-state index contributed by atoms with van der Waals surface area (Å²) in [4.78, 5) is 0. The molecule has 0 saturated carbocycles. The zero-order chi connectivity index (χ0) is 10.7. The van der Waals surface area contributed by atoms with Crippen molar-refractivity contribution in [1.29, 1.82) is 0 Å². The lowest BCUT2D eigenvalue weighted by molar-refractivity contribution is 0.594. The largest absolute Gasteiger partial charge is 0.229 e. The molecule has 1 unspecified atom stereocenters. The zero-order valence-electron chi connectivity index (χ0n) is 8.72. The summed E-state index contributed by atoms with van der Waals surface area (Å²) in [6.45, 7) is 0. The topological polar surface area (TPSA) is 34.1 Å². The maximum Gasteiger partial charge on any atom is 0.150 e. The Balaban J connectivity index is 2.13. The first-order chi connectivity index (χ1) is 7.17. The van der Waals surface area contributed by atoms with E-state index < -0.39 is 9.84 Å².